The summed E-state index contributed by atoms with van der Waals surface area (Å²) in [5.41, 5.74) is 0. The van der Waals surface area contributed by atoms with Crippen molar-refractivity contribution in [2.45, 2.75) is 13.8 Å². The number of hydrogen-bond acceptors (Lipinski definition) is 2. The summed E-state index contributed by atoms with van der Waals surface area (Å²) in [4.78, 5) is 0.294. The molecule has 0 spiro atoms. The Hall–Kier alpha value is -0.610. The predicted molar refractivity (Wildman–Crippen MR) is 46.6 cm³/mol. The molecule has 0 atom stereocenters. The molecule has 0 saturated carbocycles. The zero-order valence-corrected chi connectivity index (χ0v) is 7.77. The van der Waals surface area contributed by atoms with Crippen LogP contribution in [0.3, 0.4) is 0 Å². The standard InChI is InChI=1S/C7H13NO2S/c1-4-6-7(5-2)11(9,10)8-3/h4-6,8H,1-3H3/b6-4-,7-5+. The van der Waals surface area contributed by atoms with Crippen LogP contribution in [0.2, 0.25) is 0 Å². The Morgan fingerprint density at radius 2 is 1.91 bits per heavy atom. The first-order valence-electron chi connectivity index (χ1n) is 3.31. The normalized spacial score (nSPS) is 14.3. The van der Waals surface area contributed by atoms with Crippen LogP contribution in [0.4, 0.5) is 0 Å². The van der Waals surface area contributed by atoms with Crippen LogP contribution >= 0.6 is 0 Å². The SMILES string of the molecule is C/C=C\C(=C/C)S(=O)(=O)NC. The Morgan fingerprint density at radius 1 is 1.36 bits per heavy atom. The van der Waals surface area contributed by atoms with Crippen molar-refractivity contribution in [3.63, 3.8) is 0 Å². The van der Waals surface area contributed by atoms with E-state index in [-0.39, 0.29) is 0 Å². The van der Waals surface area contributed by atoms with Crippen molar-refractivity contribution < 1.29 is 8.42 Å². The molecule has 0 unspecified atom stereocenters. The molecule has 3 nitrogen and oxygen atoms in total. The van der Waals surface area contributed by atoms with Crippen molar-refractivity contribution in [1.82, 2.24) is 4.72 Å². The number of sulfonamides is 1. The molecular weight excluding hydrogens is 162 g/mol. The Balaban J connectivity index is 4.83. The Bertz CT molecular complexity index is 262. The summed E-state index contributed by atoms with van der Waals surface area (Å²) in [7, 11) is -1.86. The van der Waals surface area contributed by atoms with Gasteiger partial charge in [-0.25, -0.2) is 13.1 Å². The highest BCUT2D eigenvalue weighted by atomic mass is 32.2. The molecule has 0 rings (SSSR count). The fourth-order valence-corrected chi connectivity index (χ4v) is 1.48. The van der Waals surface area contributed by atoms with Gasteiger partial charge in [0.1, 0.15) is 0 Å². The van der Waals surface area contributed by atoms with Gasteiger partial charge in [-0.2, -0.15) is 0 Å². The third kappa shape index (κ3) is 2.86. The highest BCUT2D eigenvalue weighted by Crippen LogP contribution is 2.04. The van der Waals surface area contributed by atoms with Crippen molar-refractivity contribution in [1.29, 1.82) is 0 Å². The van der Waals surface area contributed by atoms with Gasteiger partial charge in [0.2, 0.25) is 10.0 Å². The summed E-state index contributed by atoms with van der Waals surface area (Å²) in [5.74, 6) is 0. The van der Waals surface area contributed by atoms with Crippen molar-refractivity contribution in [2.75, 3.05) is 7.05 Å². The van der Waals surface area contributed by atoms with Crippen molar-refractivity contribution in [3.05, 3.63) is 23.1 Å². The lowest BCUT2D eigenvalue weighted by atomic mass is 10.4. The average Bonchev–Trinajstić information content (AvgIpc) is 2.00. The topological polar surface area (TPSA) is 46.2 Å². The van der Waals surface area contributed by atoms with Crippen LogP contribution in [0.15, 0.2) is 23.1 Å². The average molecular weight is 175 g/mol. The zero-order chi connectivity index (χ0) is 8.91. The highest BCUT2D eigenvalue weighted by molar-refractivity contribution is 7.93. The van der Waals surface area contributed by atoms with Crippen molar-refractivity contribution >= 4 is 10.0 Å². The van der Waals surface area contributed by atoms with E-state index in [0.29, 0.717) is 4.91 Å². The van der Waals surface area contributed by atoms with Crippen LogP contribution in [-0.2, 0) is 10.0 Å². The molecule has 4 heteroatoms. The van der Waals surface area contributed by atoms with Gasteiger partial charge in [-0.1, -0.05) is 12.2 Å². The molecule has 0 aromatic rings. The predicted octanol–water partition coefficient (Wildman–Crippen LogP) is 1.02. The molecule has 0 aliphatic rings. The molecule has 0 heterocycles. The number of allylic oxidation sites excluding steroid dienone is 3. The van der Waals surface area contributed by atoms with Gasteiger partial charge in [-0.05, 0) is 27.0 Å². The second-order valence-corrected chi connectivity index (χ2v) is 3.79. The van der Waals surface area contributed by atoms with Crippen LogP contribution in [0.5, 0.6) is 0 Å². The van der Waals surface area contributed by atoms with E-state index >= 15 is 0 Å². The minimum absolute atomic E-state index is 0.294. The Morgan fingerprint density at radius 3 is 2.18 bits per heavy atom. The molecule has 0 amide bonds. The first kappa shape index (κ1) is 10.4. The van der Waals surface area contributed by atoms with Gasteiger partial charge in [0.05, 0.1) is 4.91 Å². The summed E-state index contributed by atoms with van der Waals surface area (Å²) in [5, 5.41) is 0. The van der Waals surface area contributed by atoms with E-state index in [4.69, 9.17) is 0 Å². The quantitative estimate of drug-likeness (QED) is 0.651. The Kier molecular flexibility index (Phi) is 4.07. The van der Waals surface area contributed by atoms with Crippen LogP contribution in [0.1, 0.15) is 13.8 Å². The van der Waals surface area contributed by atoms with E-state index in [1.807, 2.05) is 0 Å². The first-order chi connectivity index (χ1) is 5.08. The van der Waals surface area contributed by atoms with Gasteiger partial charge in [-0.3, -0.25) is 0 Å². The molecular formula is C7H13NO2S. The summed E-state index contributed by atoms with van der Waals surface area (Å²) >= 11 is 0. The molecule has 0 bridgehead atoms. The third-order valence-corrected chi connectivity index (χ3v) is 2.72. The van der Waals surface area contributed by atoms with Gasteiger partial charge < -0.3 is 0 Å². The van der Waals surface area contributed by atoms with Gasteiger partial charge in [0.15, 0.2) is 0 Å². The minimum Gasteiger partial charge on any atom is -0.214 e. The van der Waals surface area contributed by atoms with Crippen LogP contribution in [0, 0.1) is 0 Å². The zero-order valence-electron chi connectivity index (χ0n) is 6.96. The number of hydrogen-bond donors (Lipinski definition) is 1. The smallest absolute Gasteiger partial charge is 0.214 e. The maximum atomic E-state index is 11.1. The van der Waals surface area contributed by atoms with Gasteiger partial charge in [0, 0.05) is 0 Å². The van der Waals surface area contributed by atoms with Gasteiger partial charge >= 0.3 is 0 Å². The molecule has 0 aliphatic heterocycles. The fourth-order valence-electron chi connectivity index (χ4n) is 0.623. The first-order valence-corrected chi connectivity index (χ1v) is 4.79. The lowest BCUT2D eigenvalue weighted by molar-refractivity contribution is 0.595. The van der Waals surface area contributed by atoms with E-state index in [0.717, 1.165) is 0 Å². The lowest BCUT2D eigenvalue weighted by Crippen LogP contribution is -2.19. The van der Waals surface area contributed by atoms with E-state index in [9.17, 15) is 8.42 Å². The molecule has 11 heavy (non-hydrogen) atoms. The monoisotopic (exact) mass is 175 g/mol. The van der Waals surface area contributed by atoms with E-state index in [2.05, 4.69) is 4.72 Å². The van der Waals surface area contributed by atoms with Crippen LogP contribution in [-0.4, -0.2) is 15.5 Å². The van der Waals surface area contributed by atoms with E-state index in [1.54, 1.807) is 32.1 Å². The second-order valence-electron chi connectivity index (χ2n) is 1.90. The van der Waals surface area contributed by atoms with Crippen molar-refractivity contribution in [3.8, 4) is 0 Å². The molecule has 0 fully saturated rings. The summed E-state index contributed by atoms with van der Waals surface area (Å²) in [6, 6.07) is 0. The lowest BCUT2D eigenvalue weighted by Gasteiger charge is -2.00. The van der Waals surface area contributed by atoms with Crippen LogP contribution < -0.4 is 4.72 Å². The molecule has 0 aromatic carbocycles. The summed E-state index contributed by atoms with van der Waals surface area (Å²) in [6.07, 6.45) is 4.78. The second kappa shape index (κ2) is 4.31. The maximum Gasteiger partial charge on any atom is 0.239 e. The third-order valence-electron chi connectivity index (χ3n) is 1.19. The van der Waals surface area contributed by atoms with Crippen molar-refractivity contribution in [2.24, 2.45) is 0 Å². The fraction of sp³-hybridized carbons (Fsp3) is 0.429. The molecule has 0 aliphatic carbocycles. The van der Waals surface area contributed by atoms with Gasteiger partial charge in [-0.15, -0.1) is 0 Å². The molecule has 0 saturated heterocycles. The maximum absolute atomic E-state index is 11.1. The van der Waals surface area contributed by atoms with E-state index < -0.39 is 10.0 Å². The summed E-state index contributed by atoms with van der Waals surface area (Å²) in [6.45, 7) is 3.46. The molecule has 64 valence electrons. The number of rotatable bonds is 3. The molecule has 1 N–H and O–H groups in total. The van der Waals surface area contributed by atoms with E-state index in [1.165, 1.54) is 7.05 Å². The summed E-state index contributed by atoms with van der Waals surface area (Å²) < 4.78 is 24.4. The van der Waals surface area contributed by atoms with Gasteiger partial charge in [0.25, 0.3) is 0 Å². The minimum atomic E-state index is -3.25. The molecule has 0 radical (unpaired) electrons. The molecule has 0 aromatic heterocycles. The van der Waals surface area contributed by atoms with Crippen LogP contribution in [0.25, 0.3) is 0 Å². The Labute approximate surface area is 67.9 Å². The number of nitrogens with one attached hydrogen (secondary N) is 1. The highest BCUT2D eigenvalue weighted by Gasteiger charge is 2.09. The largest absolute Gasteiger partial charge is 0.239 e.